The topological polar surface area (TPSA) is 81.4 Å². The van der Waals surface area contributed by atoms with Gasteiger partial charge in [-0.15, -0.1) is 0 Å². The van der Waals surface area contributed by atoms with Crippen molar-refractivity contribution in [1.29, 1.82) is 0 Å². The van der Waals surface area contributed by atoms with Crippen molar-refractivity contribution in [3.8, 4) is 0 Å². The van der Waals surface area contributed by atoms with Gasteiger partial charge < -0.3 is 9.84 Å². The molecule has 1 fully saturated rings. The van der Waals surface area contributed by atoms with Gasteiger partial charge in [0.25, 0.3) is 0 Å². The average molecular weight is 294 g/mol. The fourth-order valence-electron chi connectivity index (χ4n) is 3.41. The number of methoxy groups -OCH3 is 1. The summed E-state index contributed by atoms with van der Waals surface area (Å²) in [6.45, 7) is 0. The number of ether oxygens (including phenoxy) is 1. The SMILES string of the molecule is COC(=O)C(CCc1ccnn1C)(C(=O)O)C1CCCC1. The first kappa shape index (κ1) is 15.5. The molecule has 1 aliphatic carbocycles. The minimum atomic E-state index is -1.44. The molecule has 1 atom stereocenters. The smallest absolute Gasteiger partial charge is 0.323 e. The quantitative estimate of drug-likeness (QED) is 0.639. The van der Waals surface area contributed by atoms with Crippen LogP contribution in [0.15, 0.2) is 12.3 Å². The Bertz CT molecular complexity index is 519. The van der Waals surface area contributed by atoms with E-state index in [0.29, 0.717) is 6.42 Å². The van der Waals surface area contributed by atoms with Crippen molar-refractivity contribution >= 4 is 11.9 Å². The zero-order chi connectivity index (χ0) is 15.5. The summed E-state index contributed by atoms with van der Waals surface area (Å²) in [5, 5.41) is 13.8. The largest absolute Gasteiger partial charge is 0.480 e. The molecule has 2 rings (SSSR count). The van der Waals surface area contributed by atoms with Crippen molar-refractivity contribution in [3.63, 3.8) is 0 Å². The molecule has 0 amide bonds. The van der Waals surface area contributed by atoms with Gasteiger partial charge in [-0.05, 0) is 37.7 Å². The van der Waals surface area contributed by atoms with E-state index in [-0.39, 0.29) is 12.3 Å². The minimum absolute atomic E-state index is 0.143. The van der Waals surface area contributed by atoms with Crippen molar-refractivity contribution in [2.45, 2.75) is 38.5 Å². The predicted octanol–water partition coefficient (Wildman–Crippen LogP) is 1.79. The summed E-state index contributed by atoms with van der Waals surface area (Å²) in [4.78, 5) is 24.2. The van der Waals surface area contributed by atoms with Crippen LogP contribution >= 0.6 is 0 Å². The van der Waals surface area contributed by atoms with E-state index < -0.39 is 17.4 Å². The van der Waals surface area contributed by atoms with Crippen LogP contribution in [-0.2, 0) is 27.8 Å². The highest BCUT2D eigenvalue weighted by atomic mass is 16.5. The molecular formula is C15H22N2O4. The Hall–Kier alpha value is -1.85. The Labute approximate surface area is 124 Å². The number of carbonyl (C=O) groups excluding carboxylic acids is 1. The minimum Gasteiger partial charge on any atom is -0.480 e. The Morgan fingerprint density at radius 2 is 2.14 bits per heavy atom. The van der Waals surface area contributed by atoms with Crippen LogP contribution in [0.5, 0.6) is 0 Å². The Balaban J connectivity index is 2.27. The molecule has 0 spiro atoms. The van der Waals surface area contributed by atoms with E-state index in [4.69, 9.17) is 4.74 Å². The summed E-state index contributed by atoms with van der Waals surface area (Å²) in [6, 6.07) is 1.85. The second-order valence-corrected chi connectivity index (χ2v) is 5.70. The Morgan fingerprint density at radius 3 is 2.62 bits per heavy atom. The van der Waals surface area contributed by atoms with Crippen LogP contribution in [0, 0.1) is 11.3 Å². The number of nitrogens with zero attached hydrogens (tertiary/aromatic N) is 2. The van der Waals surface area contributed by atoms with Crippen LogP contribution in [0.1, 0.15) is 37.8 Å². The molecule has 21 heavy (non-hydrogen) atoms. The van der Waals surface area contributed by atoms with E-state index in [2.05, 4.69) is 5.10 Å². The van der Waals surface area contributed by atoms with Crippen LogP contribution in [0.3, 0.4) is 0 Å². The second kappa shape index (κ2) is 6.28. The van der Waals surface area contributed by atoms with E-state index in [9.17, 15) is 14.7 Å². The number of carbonyl (C=O) groups is 2. The van der Waals surface area contributed by atoms with E-state index in [1.807, 2.05) is 13.1 Å². The number of hydrogen-bond donors (Lipinski definition) is 1. The van der Waals surface area contributed by atoms with Crippen molar-refractivity contribution in [2.24, 2.45) is 18.4 Å². The number of esters is 1. The molecule has 6 nitrogen and oxygen atoms in total. The van der Waals surface area contributed by atoms with E-state index in [1.165, 1.54) is 7.11 Å². The van der Waals surface area contributed by atoms with E-state index in [0.717, 1.165) is 31.4 Å². The van der Waals surface area contributed by atoms with Gasteiger partial charge in [0.1, 0.15) is 0 Å². The highest BCUT2D eigenvalue weighted by molar-refractivity contribution is 5.99. The molecule has 0 radical (unpaired) electrons. The highest BCUT2D eigenvalue weighted by Crippen LogP contribution is 2.44. The maximum Gasteiger partial charge on any atom is 0.323 e. The highest BCUT2D eigenvalue weighted by Gasteiger charge is 2.53. The summed E-state index contributed by atoms with van der Waals surface area (Å²) in [5.74, 6) is -1.83. The van der Waals surface area contributed by atoms with Crippen LogP contribution < -0.4 is 0 Å². The molecule has 0 aromatic carbocycles. The lowest BCUT2D eigenvalue weighted by Gasteiger charge is -2.32. The number of rotatable bonds is 6. The lowest BCUT2D eigenvalue weighted by Crippen LogP contribution is -2.46. The van der Waals surface area contributed by atoms with E-state index >= 15 is 0 Å². The van der Waals surface area contributed by atoms with Crippen LogP contribution in [0.25, 0.3) is 0 Å². The van der Waals surface area contributed by atoms with E-state index in [1.54, 1.807) is 10.9 Å². The van der Waals surface area contributed by atoms with Gasteiger partial charge >= 0.3 is 11.9 Å². The third-order valence-electron chi connectivity index (χ3n) is 4.68. The van der Waals surface area contributed by atoms with Crippen LogP contribution in [0.2, 0.25) is 0 Å². The number of hydrogen-bond acceptors (Lipinski definition) is 4. The van der Waals surface area contributed by atoms with Crippen molar-refractivity contribution in [1.82, 2.24) is 9.78 Å². The number of carboxylic acids is 1. The molecule has 116 valence electrons. The molecule has 0 aliphatic heterocycles. The van der Waals surface area contributed by atoms with Gasteiger partial charge in [-0.2, -0.15) is 5.10 Å². The molecule has 1 unspecified atom stereocenters. The van der Waals surface area contributed by atoms with Crippen molar-refractivity contribution < 1.29 is 19.4 Å². The zero-order valence-corrected chi connectivity index (χ0v) is 12.5. The fourth-order valence-corrected chi connectivity index (χ4v) is 3.41. The summed E-state index contributed by atoms with van der Waals surface area (Å²) in [5.41, 5.74) is -0.516. The van der Waals surface area contributed by atoms with Gasteiger partial charge in [0.15, 0.2) is 5.41 Å². The molecular weight excluding hydrogens is 272 g/mol. The Morgan fingerprint density at radius 1 is 1.48 bits per heavy atom. The third kappa shape index (κ3) is 2.80. The average Bonchev–Trinajstić information content (AvgIpc) is 3.11. The Kier molecular flexibility index (Phi) is 4.65. The van der Waals surface area contributed by atoms with Gasteiger partial charge in [-0.1, -0.05) is 12.8 Å². The molecule has 1 aliphatic rings. The summed E-state index contributed by atoms with van der Waals surface area (Å²) in [6.07, 6.45) is 5.91. The van der Waals surface area contributed by atoms with Gasteiger partial charge in [0.05, 0.1) is 7.11 Å². The maximum atomic E-state index is 12.3. The maximum absolute atomic E-state index is 12.3. The normalized spacial score (nSPS) is 18.4. The molecule has 1 aromatic heterocycles. The van der Waals surface area contributed by atoms with Gasteiger partial charge in [0, 0.05) is 18.9 Å². The third-order valence-corrected chi connectivity index (χ3v) is 4.68. The standard InChI is InChI=1S/C15H22N2O4/c1-17-12(8-10-16-17)7-9-15(13(18)19,14(20)21-2)11-5-3-4-6-11/h8,10-11H,3-7,9H2,1-2H3,(H,18,19). The summed E-state index contributed by atoms with van der Waals surface area (Å²) >= 11 is 0. The molecule has 0 bridgehead atoms. The molecule has 1 aromatic rings. The molecule has 1 heterocycles. The molecule has 1 N–H and O–H groups in total. The lowest BCUT2D eigenvalue weighted by atomic mass is 9.70. The van der Waals surface area contributed by atoms with Gasteiger partial charge in [-0.25, -0.2) is 0 Å². The molecule has 0 saturated heterocycles. The van der Waals surface area contributed by atoms with Crippen molar-refractivity contribution in [2.75, 3.05) is 7.11 Å². The second-order valence-electron chi connectivity index (χ2n) is 5.70. The first-order valence-electron chi connectivity index (χ1n) is 7.31. The first-order valence-corrected chi connectivity index (χ1v) is 7.31. The van der Waals surface area contributed by atoms with Gasteiger partial charge in [0.2, 0.25) is 0 Å². The number of aliphatic carboxylic acids is 1. The first-order chi connectivity index (χ1) is 10.0. The monoisotopic (exact) mass is 294 g/mol. The summed E-state index contributed by atoms with van der Waals surface area (Å²) < 4.78 is 6.55. The predicted molar refractivity (Wildman–Crippen MR) is 75.6 cm³/mol. The molecule has 6 heteroatoms. The number of carboxylic acid groups (broad SMARTS) is 1. The zero-order valence-electron chi connectivity index (χ0n) is 12.5. The number of aryl methyl sites for hydroxylation is 2. The lowest BCUT2D eigenvalue weighted by molar-refractivity contribution is -0.172. The fraction of sp³-hybridized carbons (Fsp3) is 0.667. The molecule has 1 saturated carbocycles. The van der Waals surface area contributed by atoms with Crippen LogP contribution in [0.4, 0.5) is 0 Å². The number of aromatic nitrogens is 2. The van der Waals surface area contributed by atoms with Crippen LogP contribution in [-0.4, -0.2) is 33.9 Å². The van der Waals surface area contributed by atoms with Gasteiger partial charge in [-0.3, -0.25) is 14.3 Å². The van der Waals surface area contributed by atoms with Crippen molar-refractivity contribution in [3.05, 3.63) is 18.0 Å². The summed E-state index contributed by atoms with van der Waals surface area (Å²) in [7, 11) is 3.07.